The van der Waals surface area contributed by atoms with Crippen molar-refractivity contribution in [2.24, 2.45) is 0 Å². The van der Waals surface area contributed by atoms with Crippen molar-refractivity contribution in [2.45, 2.75) is 31.9 Å². The average molecular weight is 270 g/mol. The maximum absolute atomic E-state index is 11.4. The van der Waals surface area contributed by atoms with E-state index < -0.39 is 6.10 Å². The van der Waals surface area contributed by atoms with Crippen LogP contribution in [-0.4, -0.2) is 23.7 Å². The molecule has 1 saturated carbocycles. The summed E-state index contributed by atoms with van der Waals surface area (Å²) < 4.78 is 5.34. The van der Waals surface area contributed by atoms with Gasteiger partial charge in [-0.25, -0.2) is 0 Å². The lowest BCUT2D eigenvalue weighted by atomic mass is 10.1. The van der Waals surface area contributed by atoms with Crippen LogP contribution >= 0.6 is 11.6 Å². The Labute approximate surface area is 111 Å². The van der Waals surface area contributed by atoms with E-state index in [1.165, 1.54) is 0 Å². The maximum atomic E-state index is 11.4. The summed E-state index contributed by atoms with van der Waals surface area (Å²) >= 11 is 6.01. The number of carbonyl (C=O) groups is 1. The Morgan fingerprint density at radius 3 is 2.89 bits per heavy atom. The molecule has 2 N–H and O–H groups in total. The lowest BCUT2D eigenvalue weighted by Crippen LogP contribution is -2.30. The monoisotopic (exact) mass is 269 g/mol. The van der Waals surface area contributed by atoms with Crippen molar-refractivity contribution < 1.29 is 14.6 Å². The van der Waals surface area contributed by atoms with Crippen molar-refractivity contribution in [3.63, 3.8) is 0 Å². The molecule has 1 unspecified atom stereocenters. The molecule has 98 valence electrons. The number of amides is 1. The first-order chi connectivity index (χ1) is 8.56. The summed E-state index contributed by atoms with van der Waals surface area (Å²) in [5.41, 5.74) is 0.717. The predicted octanol–water partition coefficient (Wildman–Crippen LogP) is 2.05. The lowest BCUT2D eigenvalue weighted by molar-refractivity contribution is -0.123. The summed E-state index contributed by atoms with van der Waals surface area (Å²) in [6.07, 6.45) is 1.53. The maximum Gasteiger partial charge on any atom is 0.258 e. The highest BCUT2D eigenvalue weighted by Gasteiger charge is 2.23. The highest BCUT2D eigenvalue weighted by atomic mass is 35.5. The number of halogens is 1. The Hall–Kier alpha value is -1.26. The molecule has 18 heavy (non-hydrogen) atoms. The molecule has 0 aromatic heterocycles. The van der Waals surface area contributed by atoms with E-state index >= 15 is 0 Å². The van der Waals surface area contributed by atoms with Crippen LogP contribution in [-0.2, 0) is 4.79 Å². The van der Waals surface area contributed by atoms with E-state index in [1.54, 1.807) is 25.1 Å². The van der Waals surface area contributed by atoms with Crippen LogP contribution in [0.2, 0.25) is 5.02 Å². The Balaban J connectivity index is 1.90. The van der Waals surface area contributed by atoms with Gasteiger partial charge in [-0.15, -0.1) is 0 Å². The topological polar surface area (TPSA) is 58.6 Å². The molecule has 0 saturated heterocycles. The molecule has 0 bridgehead atoms. The molecular formula is C13H16ClNO3. The van der Waals surface area contributed by atoms with E-state index in [0.29, 0.717) is 16.8 Å². The summed E-state index contributed by atoms with van der Waals surface area (Å²) in [5, 5.41) is 12.6. The molecule has 1 atom stereocenters. The van der Waals surface area contributed by atoms with E-state index in [9.17, 15) is 9.90 Å². The summed E-state index contributed by atoms with van der Waals surface area (Å²) in [7, 11) is 0. The molecule has 2 rings (SSSR count). The van der Waals surface area contributed by atoms with Crippen LogP contribution in [0.5, 0.6) is 5.75 Å². The van der Waals surface area contributed by atoms with Gasteiger partial charge in [-0.05, 0) is 37.5 Å². The third kappa shape index (κ3) is 3.62. The van der Waals surface area contributed by atoms with Crippen LogP contribution in [0.1, 0.15) is 31.4 Å². The number of aliphatic hydroxyl groups excluding tert-OH is 1. The summed E-state index contributed by atoms with van der Waals surface area (Å²) in [4.78, 5) is 11.4. The molecule has 4 nitrogen and oxygen atoms in total. The third-order valence-electron chi connectivity index (χ3n) is 2.74. The van der Waals surface area contributed by atoms with Crippen LogP contribution in [0.25, 0.3) is 0 Å². The van der Waals surface area contributed by atoms with E-state index in [2.05, 4.69) is 5.32 Å². The van der Waals surface area contributed by atoms with Crippen LogP contribution in [0.4, 0.5) is 0 Å². The van der Waals surface area contributed by atoms with Crippen molar-refractivity contribution >= 4 is 17.5 Å². The molecule has 1 aromatic carbocycles. The summed E-state index contributed by atoms with van der Waals surface area (Å²) in [5.74, 6) is 0.320. The van der Waals surface area contributed by atoms with Gasteiger partial charge in [0.15, 0.2) is 6.61 Å². The lowest BCUT2D eigenvalue weighted by Gasteiger charge is -2.10. The minimum atomic E-state index is -0.574. The largest absolute Gasteiger partial charge is 0.482 e. The molecule has 1 fully saturated rings. The Bertz CT molecular complexity index is 444. The second kappa shape index (κ2) is 5.59. The molecule has 5 heteroatoms. The van der Waals surface area contributed by atoms with Crippen molar-refractivity contribution in [2.75, 3.05) is 6.61 Å². The Kier molecular flexibility index (Phi) is 4.09. The zero-order chi connectivity index (χ0) is 13.1. The summed E-state index contributed by atoms with van der Waals surface area (Å²) in [6.45, 7) is 1.62. The second-order valence-corrected chi connectivity index (χ2v) is 4.90. The molecule has 0 spiro atoms. The van der Waals surface area contributed by atoms with Crippen molar-refractivity contribution in [1.82, 2.24) is 5.32 Å². The molecule has 0 radical (unpaired) electrons. The van der Waals surface area contributed by atoms with E-state index in [0.717, 1.165) is 18.4 Å². The Morgan fingerprint density at radius 1 is 1.61 bits per heavy atom. The average Bonchev–Trinajstić information content (AvgIpc) is 3.11. The van der Waals surface area contributed by atoms with Gasteiger partial charge in [0.2, 0.25) is 0 Å². The number of benzene rings is 1. The van der Waals surface area contributed by atoms with Gasteiger partial charge in [-0.2, -0.15) is 0 Å². The first kappa shape index (κ1) is 13.2. The SMILES string of the molecule is CC(O)c1ccc(OCC(=O)NC2CC2)c(Cl)c1. The molecule has 1 aliphatic rings. The number of hydrogen-bond acceptors (Lipinski definition) is 3. The van der Waals surface area contributed by atoms with Gasteiger partial charge in [0, 0.05) is 6.04 Å². The normalized spacial score (nSPS) is 16.2. The fourth-order valence-electron chi connectivity index (χ4n) is 1.53. The number of hydrogen-bond donors (Lipinski definition) is 2. The van der Waals surface area contributed by atoms with Crippen molar-refractivity contribution in [3.05, 3.63) is 28.8 Å². The highest BCUT2D eigenvalue weighted by molar-refractivity contribution is 6.32. The number of rotatable bonds is 5. The van der Waals surface area contributed by atoms with Crippen LogP contribution < -0.4 is 10.1 Å². The summed E-state index contributed by atoms with van der Waals surface area (Å²) in [6, 6.07) is 5.36. The first-order valence-electron chi connectivity index (χ1n) is 5.96. The quantitative estimate of drug-likeness (QED) is 0.860. The van der Waals surface area contributed by atoms with Crippen LogP contribution in [0.15, 0.2) is 18.2 Å². The van der Waals surface area contributed by atoms with Gasteiger partial charge in [0.05, 0.1) is 11.1 Å². The smallest absolute Gasteiger partial charge is 0.258 e. The molecule has 0 heterocycles. The molecular weight excluding hydrogens is 254 g/mol. The van der Waals surface area contributed by atoms with Crippen molar-refractivity contribution in [3.8, 4) is 5.75 Å². The zero-order valence-electron chi connectivity index (χ0n) is 10.1. The van der Waals surface area contributed by atoms with Gasteiger partial charge in [-0.3, -0.25) is 4.79 Å². The van der Waals surface area contributed by atoms with Crippen LogP contribution in [0, 0.1) is 0 Å². The van der Waals surface area contributed by atoms with E-state index in [-0.39, 0.29) is 12.5 Å². The van der Waals surface area contributed by atoms with Crippen molar-refractivity contribution in [1.29, 1.82) is 0 Å². The second-order valence-electron chi connectivity index (χ2n) is 4.50. The van der Waals surface area contributed by atoms with Gasteiger partial charge >= 0.3 is 0 Å². The Morgan fingerprint density at radius 2 is 2.33 bits per heavy atom. The number of aliphatic hydroxyl groups is 1. The van der Waals surface area contributed by atoms with E-state index in [1.807, 2.05) is 0 Å². The molecule has 1 aliphatic carbocycles. The third-order valence-corrected chi connectivity index (χ3v) is 3.03. The van der Waals surface area contributed by atoms with Crippen LogP contribution in [0.3, 0.4) is 0 Å². The number of ether oxygens (including phenoxy) is 1. The molecule has 1 aromatic rings. The van der Waals surface area contributed by atoms with Gasteiger partial charge in [0.25, 0.3) is 5.91 Å². The minimum absolute atomic E-state index is 0.0375. The predicted molar refractivity (Wildman–Crippen MR) is 68.7 cm³/mol. The number of carbonyl (C=O) groups excluding carboxylic acids is 1. The minimum Gasteiger partial charge on any atom is -0.482 e. The van der Waals surface area contributed by atoms with Gasteiger partial charge in [0.1, 0.15) is 5.75 Å². The van der Waals surface area contributed by atoms with E-state index in [4.69, 9.17) is 16.3 Å². The number of nitrogens with one attached hydrogen (secondary N) is 1. The standard InChI is InChI=1S/C13H16ClNO3/c1-8(16)9-2-5-12(11(14)6-9)18-7-13(17)15-10-3-4-10/h2,5-6,8,10,16H,3-4,7H2,1H3,(H,15,17). The van der Waals surface area contributed by atoms with Gasteiger partial charge in [-0.1, -0.05) is 17.7 Å². The fraction of sp³-hybridized carbons (Fsp3) is 0.462. The molecule has 1 amide bonds. The highest BCUT2D eigenvalue weighted by Crippen LogP contribution is 2.27. The fourth-order valence-corrected chi connectivity index (χ4v) is 1.78. The first-order valence-corrected chi connectivity index (χ1v) is 6.33. The van der Waals surface area contributed by atoms with Gasteiger partial charge < -0.3 is 15.2 Å². The molecule has 0 aliphatic heterocycles. The zero-order valence-corrected chi connectivity index (χ0v) is 10.9.